The monoisotopic (exact) mass is 303 g/mol. The van der Waals surface area contributed by atoms with Crippen LogP contribution in [0.25, 0.3) is 11.0 Å². The number of hydrogen-bond donors (Lipinski definition) is 1. The van der Waals surface area contributed by atoms with Crippen LogP contribution in [0.2, 0.25) is 5.28 Å². The van der Waals surface area contributed by atoms with E-state index in [0.29, 0.717) is 11.6 Å². The van der Waals surface area contributed by atoms with Gasteiger partial charge in [0.25, 0.3) is 0 Å². The van der Waals surface area contributed by atoms with E-state index >= 15 is 0 Å². The maximum atomic E-state index is 6.04. The molecule has 0 spiro atoms. The quantitative estimate of drug-likeness (QED) is 0.746. The standard InChI is InChI=1S/C13H14ClN7/c1-3-4-8-10-11(21(2)20-8)12(19-13(14)18-10)17-9-5-6-15-7-16-9/h5-7H,3-4H2,1-2H3,(H,15,16,17,18,19). The van der Waals surface area contributed by atoms with Crippen molar-refractivity contribution in [2.24, 2.45) is 7.05 Å². The summed E-state index contributed by atoms with van der Waals surface area (Å²) in [4.78, 5) is 16.6. The fourth-order valence-corrected chi connectivity index (χ4v) is 2.36. The first kappa shape index (κ1) is 13.7. The van der Waals surface area contributed by atoms with Crippen LogP contribution in [0, 0.1) is 0 Å². The minimum atomic E-state index is 0.185. The first-order chi connectivity index (χ1) is 10.2. The summed E-state index contributed by atoms with van der Waals surface area (Å²) in [7, 11) is 1.86. The van der Waals surface area contributed by atoms with E-state index in [1.165, 1.54) is 6.33 Å². The van der Waals surface area contributed by atoms with Crippen molar-refractivity contribution in [3.05, 3.63) is 29.6 Å². The average molecular weight is 304 g/mol. The van der Waals surface area contributed by atoms with E-state index in [1.54, 1.807) is 16.9 Å². The van der Waals surface area contributed by atoms with Crippen molar-refractivity contribution in [2.75, 3.05) is 5.32 Å². The van der Waals surface area contributed by atoms with Crippen molar-refractivity contribution < 1.29 is 0 Å². The van der Waals surface area contributed by atoms with Gasteiger partial charge in [-0.1, -0.05) is 13.3 Å². The molecule has 8 heteroatoms. The lowest BCUT2D eigenvalue weighted by molar-refractivity contribution is 0.753. The highest BCUT2D eigenvalue weighted by Crippen LogP contribution is 2.26. The molecular weight excluding hydrogens is 290 g/mol. The Morgan fingerprint density at radius 3 is 2.90 bits per heavy atom. The fourth-order valence-electron chi connectivity index (χ4n) is 2.19. The van der Waals surface area contributed by atoms with Crippen LogP contribution in [-0.2, 0) is 13.5 Å². The molecule has 0 aliphatic heterocycles. The zero-order valence-corrected chi connectivity index (χ0v) is 12.5. The second-order valence-corrected chi connectivity index (χ2v) is 4.92. The minimum Gasteiger partial charge on any atom is -0.323 e. The van der Waals surface area contributed by atoms with Crippen LogP contribution in [0.3, 0.4) is 0 Å². The molecule has 3 aromatic rings. The average Bonchev–Trinajstić information content (AvgIpc) is 2.77. The number of rotatable bonds is 4. The Morgan fingerprint density at radius 2 is 2.19 bits per heavy atom. The van der Waals surface area contributed by atoms with Gasteiger partial charge in [-0.25, -0.2) is 15.0 Å². The molecule has 0 unspecified atom stereocenters. The fraction of sp³-hybridized carbons (Fsp3) is 0.308. The topological polar surface area (TPSA) is 81.4 Å². The molecule has 0 saturated heterocycles. The molecule has 21 heavy (non-hydrogen) atoms. The Balaban J connectivity index is 2.13. The van der Waals surface area contributed by atoms with Gasteiger partial charge in [0.1, 0.15) is 23.2 Å². The molecule has 3 aromatic heterocycles. The molecule has 3 rings (SSSR count). The summed E-state index contributed by atoms with van der Waals surface area (Å²) in [6, 6.07) is 1.76. The van der Waals surface area contributed by atoms with Crippen molar-refractivity contribution in [2.45, 2.75) is 19.8 Å². The van der Waals surface area contributed by atoms with Crippen molar-refractivity contribution in [3.63, 3.8) is 0 Å². The van der Waals surface area contributed by atoms with Gasteiger partial charge in [0.05, 0.1) is 5.69 Å². The van der Waals surface area contributed by atoms with Crippen LogP contribution >= 0.6 is 11.6 Å². The van der Waals surface area contributed by atoms with E-state index in [0.717, 1.165) is 29.6 Å². The molecule has 1 N–H and O–H groups in total. The maximum Gasteiger partial charge on any atom is 0.225 e. The molecule has 7 nitrogen and oxygen atoms in total. The molecule has 0 atom stereocenters. The third-order valence-electron chi connectivity index (χ3n) is 3.04. The number of aryl methyl sites for hydroxylation is 2. The lowest BCUT2D eigenvalue weighted by Gasteiger charge is -2.06. The second-order valence-electron chi connectivity index (χ2n) is 4.58. The van der Waals surface area contributed by atoms with Crippen LogP contribution in [0.1, 0.15) is 19.0 Å². The van der Waals surface area contributed by atoms with Gasteiger partial charge in [0.15, 0.2) is 5.82 Å². The highest BCUT2D eigenvalue weighted by molar-refractivity contribution is 6.28. The van der Waals surface area contributed by atoms with E-state index in [9.17, 15) is 0 Å². The highest BCUT2D eigenvalue weighted by Gasteiger charge is 2.16. The smallest absolute Gasteiger partial charge is 0.225 e. The van der Waals surface area contributed by atoms with Gasteiger partial charge in [0, 0.05) is 13.2 Å². The van der Waals surface area contributed by atoms with Crippen LogP contribution in [0.5, 0.6) is 0 Å². The number of anilines is 2. The second kappa shape index (κ2) is 5.61. The molecule has 0 aliphatic carbocycles. The first-order valence-electron chi connectivity index (χ1n) is 6.61. The largest absolute Gasteiger partial charge is 0.323 e. The summed E-state index contributed by atoms with van der Waals surface area (Å²) in [5.74, 6) is 1.22. The van der Waals surface area contributed by atoms with E-state index in [4.69, 9.17) is 11.6 Å². The van der Waals surface area contributed by atoms with E-state index in [-0.39, 0.29) is 5.28 Å². The van der Waals surface area contributed by atoms with Gasteiger partial charge >= 0.3 is 0 Å². The van der Waals surface area contributed by atoms with Gasteiger partial charge in [-0.15, -0.1) is 0 Å². The Morgan fingerprint density at radius 1 is 1.33 bits per heavy atom. The highest BCUT2D eigenvalue weighted by atomic mass is 35.5. The molecule has 3 heterocycles. The van der Waals surface area contributed by atoms with Crippen LogP contribution in [-0.4, -0.2) is 29.7 Å². The SMILES string of the molecule is CCCc1nn(C)c2c(Nc3ccncn3)nc(Cl)nc12. The Hall–Kier alpha value is -2.28. The van der Waals surface area contributed by atoms with Gasteiger partial charge < -0.3 is 5.32 Å². The predicted molar refractivity (Wildman–Crippen MR) is 80.6 cm³/mol. The Labute approximate surface area is 126 Å². The number of nitrogens with zero attached hydrogens (tertiary/aromatic N) is 6. The summed E-state index contributed by atoms with van der Waals surface area (Å²) in [6.07, 6.45) is 4.95. The van der Waals surface area contributed by atoms with Crippen LogP contribution in [0.15, 0.2) is 18.6 Å². The number of fused-ring (bicyclic) bond motifs is 1. The van der Waals surface area contributed by atoms with Gasteiger partial charge in [-0.2, -0.15) is 10.1 Å². The molecule has 0 amide bonds. The summed E-state index contributed by atoms with van der Waals surface area (Å²) in [6.45, 7) is 2.10. The molecule has 0 bridgehead atoms. The molecule has 0 saturated carbocycles. The predicted octanol–water partition coefficient (Wildman–Crippen LogP) is 2.50. The lowest BCUT2D eigenvalue weighted by atomic mass is 10.2. The molecule has 0 radical (unpaired) electrons. The number of hydrogen-bond acceptors (Lipinski definition) is 6. The molecule has 0 aromatic carbocycles. The molecule has 0 fully saturated rings. The minimum absolute atomic E-state index is 0.185. The van der Waals surface area contributed by atoms with E-state index in [2.05, 4.69) is 37.3 Å². The zero-order chi connectivity index (χ0) is 14.8. The van der Waals surface area contributed by atoms with Gasteiger partial charge in [-0.3, -0.25) is 4.68 Å². The van der Waals surface area contributed by atoms with Crippen LogP contribution in [0.4, 0.5) is 11.6 Å². The van der Waals surface area contributed by atoms with Crippen LogP contribution < -0.4 is 5.32 Å². The van der Waals surface area contributed by atoms with Crippen molar-refractivity contribution >= 4 is 34.3 Å². The number of nitrogens with one attached hydrogen (secondary N) is 1. The van der Waals surface area contributed by atoms with Gasteiger partial charge in [0.2, 0.25) is 5.28 Å². The Kier molecular flexibility index (Phi) is 3.66. The van der Waals surface area contributed by atoms with Gasteiger partial charge in [-0.05, 0) is 24.1 Å². The normalized spacial score (nSPS) is 11.0. The van der Waals surface area contributed by atoms with E-state index < -0.39 is 0 Å². The maximum absolute atomic E-state index is 6.04. The third kappa shape index (κ3) is 2.64. The molecule has 0 aliphatic rings. The zero-order valence-electron chi connectivity index (χ0n) is 11.7. The summed E-state index contributed by atoms with van der Waals surface area (Å²) < 4.78 is 1.76. The summed E-state index contributed by atoms with van der Waals surface area (Å²) in [5, 5.41) is 7.83. The molecular formula is C13H14ClN7. The third-order valence-corrected chi connectivity index (χ3v) is 3.21. The van der Waals surface area contributed by atoms with Crippen molar-refractivity contribution in [3.8, 4) is 0 Å². The molecule has 108 valence electrons. The lowest BCUT2D eigenvalue weighted by Crippen LogP contribution is -2.01. The Bertz CT molecular complexity index is 769. The number of halogens is 1. The first-order valence-corrected chi connectivity index (χ1v) is 6.99. The van der Waals surface area contributed by atoms with Crippen molar-refractivity contribution in [1.82, 2.24) is 29.7 Å². The van der Waals surface area contributed by atoms with E-state index in [1.807, 2.05) is 7.05 Å². The summed E-state index contributed by atoms with van der Waals surface area (Å²) >= 11 is 6.04. The van der Waals surface area contributed by atoms with Crippen molar-refractivity contribution in [1.29, 1.82) is 0 Å². The summed E-state index contributed by atoms with van der Waals surface area (Å²) in [5.41, 5.74) is 2.50. The number of aromatic nitrogens is 6.